The first-order valence-corrected chi connectivity index (χ1v) is 9.35. The summed E-state index contributed by atoms with van der Waals surface area (Å²) in [5.74, 6) is 0.722. The molecule has 4 aromatic rings. The van der Waals surface area contributed by atoms with Crippen molar-refractivity contribution in [3.63, 3.8) is 0 Å². The van der Waals surface area contributed by atoms with Gasteiger partial charge in [0.15, 0.2) is 0 Å². The molecule has 7 nitrogen and oxygen atoms in total. The van der Waals surface area contributed by atoms with E-state index in [4.69, 9.17) is 13.9 Å². The molecule has 0 bridgehead atoms. The first kappa shape index (κ1) is 18.7. The van der Waals surface area contributed by atoms with Gasteiger partial charge in [-0.05, 0) is 44.2 Å². The number of aryl methyl sites for hydroxylation is 1. The van der Waals surface area contributed by atoms with Crippen LogP contribution in [0.1, 0.15) is 12.5 Å². The third kappa shape index (κ3) is 3.85. The number of rotatable bonds is 6. The van der Waals surface area contributed by atoms with Crippen molar-refractivity contribution in [3.8, 4) is 11.5 Å². The molecule has 2 aromatic carbocycles. The molecule has 0 fully saturated rings. The monoisotopic (exact) mass is 392 g/mol. The van der Waals surface area contributed by atoms with Crippen molar-refractivity contribution < 1.29 is 13.9 Å². The maximum atomic E-state index is 12.6. The smallest absolute Gasteiger partial charge is 0.379 e. The van der Waals surface area contributed by atoms with Crippen LogP contribution >= 0.6 is 0 Å². The number of aromatic nitrogens is 2. The molecular weight excluding hydrogens is 372 g/mol. The zero-order valence-corrected chi connectivity index (χ0v) is 16.2. The molecule has 29 heavy (non-hydrogen) atoms. The van der Waals surface area contributed by atoms with Crippen molar-refractivity contribution in [1.82, 2.24) is 9.78 Å². The average Bonchev–Trinajstić information content (AvgIpc) is 2.70. The third-order valence-corrected chi connectivity index (χ3v) is 4.56. The minimum Gasteiger partial charge on any atom is -0.492 e. The highest BCUT2D eigenvalue weighted by atomic mass is 16.5. The Labute approximate surface area is 166 Å². The second-order valence-corrected chi connectivity index (χ2v) is 6.64. The molecule has 2 aromatic heterocycles. The standard InChI is InChI=1S/C22H20N2O5/c1-3-27-20-11-15-5-6-17(12-19(15)29-22(20)26)28-9-8-24-21(25)18-7-4-14(2)10-16(18)13-23-24/h4-7,10-13H,3,8-9H2,1-2H3. The highest BCUT2D eigenvalue weighted by Gasteiger charge is 2.08. The van der Waals surface area contributed by atoms with Crippen LogP contribution in [0, 0.1) is 6.92 Å². The van der Waals surface area contributed by atoms with E-state index in [9.17, 15) is 9.59 Å². The molecule has 0 atom stereocenters. The van der Waals surface area contributed by atoms with Crippen LogP contribution in [0.2, 0.25) is 0 Å². The summed E-state index contributed by atoms with van der Waals surface area (Å²) >= 11 is 0. The molecular formula is C22H20N2O5. The highest BCUT2D eigenvalue weighted by molar-refractivity contribution is 5.81. The first-order chi connectivity index (χ1) is 14.0. The van der Waals surface area contributed by atoms with E-state index in [0.717, 1.165) is 16.3 Å². The Morgan fingerprint density at radius 1 is 1.03 bits per heavy atom. The van der Waals surface area contributed by atoms with Crippen LogP contribution in [-0.4, -0.2) is 23.0 Å². The Morgan fingerprint density at radius 2 is 1.90 bits per heavy atom. The molecule has 0 unspecified atom stereocenters. The first-order valence-electron chi connectivity index (χ1n) is 9.35. The number of hydrogen-bond acceptors (Lipinski definition) is 6. The summed E-state index contributed by atoms with van der Waals surface area (Å²) in [6, 6.07) is 12.5. The number of fused-ring (bicyclic) bond motifs is 2. The highest BCUT2D eigenvalue weighted by Crippen LogP contribution is 2.22. The lowest BCUT2D eigenvalue weighted by Crippen LogP contribution is -2.25. The van der Waals surface area contributed by atoms with Gasteiger partial charge in [0.25, 0.3) is 5.56 Å². The maximum absolute atomic E-state index is 12.6. The fourth-order valence-corrected chi connectivity index (χ4v) is 3.13. The van der Waals surface area contributed by atoms with Gasteiger partial charge < -0.3 is 13.9 Å². The molecule has 0 aliphatic rings. The van der Waals surface area contributed by atoms with Crippen LogP contribution < -0.4 is 20.7 Å². The van der Waals surface area contributed by atoms with Crippen molar-refractivity contribution in [2.45, 2.75) is 20.4 Å². The molecule has 4 rings (SSSR count). The summed E-state index contributed by atoms with van der Waals surface area (Å²) < 4.78 is 17.7. The van der Waals surface area contributed by atoms with Crippen molar-refractivity contribution in [2.24, 2.45) is 0 Å². The van der Waals surface area contributed by atoms with Gasteiger partial charge in [0.05, 0.1) is 24.7 Å². The Hall–Kier alpha value is -3.61. The van der Waals surface area contributed by atoms with E-state index < -0.39 is 5.63 Å². The fourth-order valence-electron chi connectivity index (χ4n) is 3.13. The molecule has 0 spiro atoms. The molecule has 0 saturated heterocycles. The average molecular weight is 392 g/mol. The van der Waals surface area contributed by atoms with E-state index in [2.05, 4.69) is 5.10 Å². The van der Waals surface area contributed by atoms with Crippen molar-refractivity contribution in [2.75, 3.05) is 13.2 Å². The summed E-state index contributed by atoms with van der Waals surface area (Å²) in [5, 5.41) is 6.41. The zero-order chi connectivity index (χ0) is 20.4. The van der Waals surface area contributed by atoms with E-state index in [1.807, 2.05) is 25.1 Å². The van der Waals surface area contributed by atoms with Gasteiger partial charge in [-0.15, -0.1) is 0 Å². The summed E-state index contributed by atoms with van der Waals surface area (Å²) in [4.78, 5) is 24.5. The SMILES string of the molecule is CCOc1cc2ccc(OCCn3ncc4cc(C)ccc4c3=O)cc2oc1=O. The van der Waals surface area contributed by atoms with Crippen LogP contribution in [0.15, 0.2) is 62.7 Å². The molecule has 0 N–H and O–H groups in total. The molecule has 0 aliphatic heterocycles. The molecule has 148 valence electrons. The zero-order valence-electron chi connectivity index (χ0n) is 16.2. The summed E-state index contributed by atoms with van der Waals surface area (Å²) in [6.45, 7) is 4.71. The van der Waals surface area contributed by atoms with E-state index in [0.29, 0.717) is 29.9 Å². The van der Waals surface area contributed by atoms with Gasteiger partial charge in [-0.3, -0.25) is 4.79 Å². The number of hydrogen-bond donors (Lipinski definition) is 0. The van der Waals surface area contributed by atoms with E-state index >= 15 is 0 Å². The van der Waals surface area contributed by atoms with Crippen molar-refractivity contribution in [3.05, 3.63) is 75.0 Å². The molecule has 0 aliphatic carbocycles. The lowest BCUT2D eigenvalue weighted by atomic mass is 10.1. The van der Waals surface area contributed by atoms with Crippen molar-refractivity contribution in [1.29, 1.82) is 0 Å². The Kier molecular flexibility index (Phi) is 5.03. The predicted octanol–water partition coefficient (Wildman–Crippen LogP) is 3.29. The van der Waals surface area contributed by atoms with Gasteiger partial charge in [-0.25, -0.2) is 9.48 Å². The van der Waals surface area contributed by atoms with Gasteiger partial charge >= 0.3 is 5.63 Å². The Balaban J connectivity index is 1.50. The van der Waals surface area contributed by atoms with Crippen LogP contribution in [0.3, 0.4) is 0 Å². The number of benzene rings is 2. The van der Waals surface area contributed by atoms with Gasteiger partial charge in [0, 0.05) is 16.8 Å². The second-order valence-electron chi connectivity index (χ2n) is 6.64. The Bertz CT molecular complexity index is 1310. The fraction of sp³-hybridized carbons (Fsp3) is 0.227. The number of nitrogens with zero attached hydrogens (tertiary/aromatic N) is 2. The lowest BCUT2D eigenvalue weighted by Gasteiger charge is -2.09. The summed E-state index contributed by atoms with van der Waals surface area (Å²) in [5.41, 5.74) is 0.807. The van der Waals surface area contributed by atoms with Gasteiger partial charge in [-0.2, -0.15) is 5.10 Å². The summed E-state index contributed by atoms with van der Waals surface area (Å²) in [7, 11) is 0. The lowest BCUT2D eigenvalue weighted by molar-refractivity contribution is 0.288. The van der Waals surface area contributed by atoms with Crippen LogP contribution in [0.4, 0.5) is 0 Å². The molecule has 7 heteroatoms. The van der Waals surface area contributed by atoms with Gasteiger partial charge in [0.2, 0.25) is 5.75 Å². The Morgan fingerprint density at radius 3 is 2.72 bits per heavy atom. The molecule has 0 amide bonds. The topological polar surface area (TPSA) is 83.6 Å². The van der Waals surface area contributed by atoms with Crippen LogP contribution in [0.5, 0.6) is 11.5 Å². The maximum Gasteiger partial charge on any atom is 0.379 e. The van der Waals surface area contributed by atoms with Gasteiger partial charge in [0.1, 0.15) is 17.9 Å². The van der Waals surface area contributed by atoms with Crippen LogP contribution in [-0.2, 0) is 6.54 Å². The molecule has 0 radical (unpaired) electrons. The van der Waals surface area contributed by atoms with E-state index in [-0.39, 0.29) is 17.9 Å². The normalized spacial score (nSPS) is 11.1. The predicted molar refractivity (Wildman–Crippen MR) is 110 cm³/mol. The minimum atomic E-state index is -0.529. The van der Waals surface area contributed by atoms with Crippen LogP contribution in [0.25, 0.3) is 21.7 Å². The van der Waals surface area contributed by atoms with Crippen molar-refractivity contribution >= 4 is 21.7 Å². The summed E-state index contributed by atoms with van der Waals surface area (Å²) in [6.07, 6.45) is 1.68. The largest absolute Gasteiger partial charge is 0.492 e. The minimum absolute atomic E-state index is 0.154. The number of ether oxygens (including phenoxy) is 2. The second kappa shape index (κ2) is 7.79. The molecule has 0 saturated carbocycles. The van der Waals surface area contributed by atoms with Gasteiger partial charge in [-0.1, -0.05) is 11.6 Å². The van der Waals surface area contributed by atoms with E-state index in [1.54, 1.807) is 37.4 Å². The molecule has 2 heterocycles. The third-order valence-electron chi connectivity index (χ3n) is 4.56. The quantitative estimate of drug-likeness (QED) is 0.468. The van der Waals surface area contributed by atoms with E-state index in [1.165, 1.54) is 4.68 Å².